The summed E-state index contributed by atoms with van der Waals surface area (Å²) in [6.07, 6.45) is 6.13. The molecule has 1 N–H and O–H groups in total. The Labute approximate surface area is 99.0 Å². The molecule has 0 amide bonds. The number of thiazole rings is 1. The highest BCUT2D eigenvalue weighted by molar-refractivity contribution is 7.13. The van der Waals surface area contributed by atoms with Gasteiger partial charge in [-0.3, -0.25) is 0 Å². The normalized spacial score (nSPS) is 11.6. The molecule has 1 heterocycles. The van der Waals surface area contributed by atoms with Crippen molar-refractivity contribution in [3.63, 3.8) is 0 Å². The maximum Gasteiger partial charge on any atom is 0.357 e. The van der Waals surface area contributed by atoms with E-state index in [1.54, 1.807) is 12.3 Å². The summed E-state index contributed by atoms with van der Waals surface area (Å²) in [7, 11) is 0. The molecular weight excluding hydrogens is 224 g/mol. The van der Waals surface area contributed by atoms with Crippen molar-refractivity contribution in [1.82, 2.24) is 4.98 Å². The molecule has 1 atom stereocenters. The minimum atomic E-state index is -0.402. The first-order valence-electron chi connectivity index (χ1n) is 5.06. The number of terminal acetylenes is 1. The van der Waals surface area contributed by atoms with Gasteiger partial charge in [0.15, 0.2) is 10.8 Å². The van der Waals surface area contributed by atoms with Crippen LogP contribution in [0.15, 0.2) is 5.38 Å². The third-order valence-corrected chi connectivity index (χ3v) is 2.67. The number of rotatable bonds is 5. The van der Waals surface area contributed by atoms with E-state index in [4.69, 9.17) is 11.2 Å². The number of carbonyl (C=O) groups excluding carboxylic acids is 1. The van der Waals surface area contributed by atoms with Gasteiger partial charge in [-0.25, -0.2) is 9.78 Å². The molecule has 0 aliphatic carbocycles. The van der Waals surface area contributed by atoms with Gasteiger partial charge in [0.1, 0.15) is 0 Å². The van der Waals surface area contributed by atoms with Gasteiger partial charge >= 0.3 is 5.97 Å². The molecule has 5 heteroatoms. The monoisotopic (exact) mass is 238 g/mol. The third kappa shape index (κ3) is 3.24. The lowest BCUT2D eigenvalue weighted by Gasteiger charge is -2.07. The Hall–Kier alpha value is -1.54. The van der Waals surface area contributed by atoms with Crippen LogP contribution in [0, 0.1) is 12.3 Å². The average Bonchev–Trinajstić information content (AvgIpc) is 2.74. The van der Waals surface area contributed by atoms with E-state index >= 15 is 0 Å². The number of esters is 1. The van der Waals surface area contributed by atoms with Crippen molar-refractivity contribution in [2.45, 2.75) is 26.3 Å². The standard InChI is InChI=1S/C11H14N2O2S/c1-4-8(5-2)12-11-13-9(7-16-11)10(14)15-6-3/h1,7-8H,5-6H2,2-3H3,(H,12,13). The molecule has 1 aromatic heterocycles. The van der Waals surface area contributed by atoms with Crippen molar-refractivity contribution < 1.29 is 9.53 Å². The van der Waals surface area contributed by atoms with Gasteiger partial charge in [-0.1, -0.05) is 12.8 Å². The van der Waals surface area contributed by atoms with Gasteiger partial charge in [0, 0.05) is 5.38 Å². The first kappa shape index (κ1) is 12.5. The Morgan fingerprint density at radius 2 is 2.50 bits per heavy atom. The van der Waals surface area contributed by atoms with Crippen molar-refractivity contribution in [1.29, 1.82) is 0 Å². The average molecular weight is 238 g/mol. The summed E-state index contributed by atoms with van der Waals surface area (Å²) in [4.78, 5) is 15.4. The number of hydrogen-bond acceptors (Lipinski definition) is 5. The number of aromatic nitrogens is 1. The quantitative estimate of drug-likeness (QED) is 0.630. The van der Waals surface area contributed by atoms with Crippen molar-refractivity contribution in [2.75, 3.05) is 11.9 Å². The van der Waals surface area contributed by atoms with Crippen LogP contribution in [0.3, 0.4) is 0 Å². The molecule has 0 saturated carbocycles. The molecule has 0 radical (unpaired) electrons. The van der Waals surface area contributed by atoms with Crippen LogP contribution in [0.4, 0.5) is 5.13 Å². The van der Waals surface area contributed by atoms with Crippen molar-refractivity contribution in [3.05, 3.63) is 11.1 Å². The van der Waals surface area contributed by atoms with Crippen LogP contribution in [0.2, 0.25) is 0 Å². The smallest absolute Gasteiger partial charge is 0.357 e. The molecule has 0 fully saturated rings. The van der Waals surface area contributed by atoms with E-state index in [-0.39, 0.29) is 6.04 Å². The van der Waals surface area contributed by atoms with Crippen LogP contribution in [0.1, 0.15) is 30.8 Å². The molecule has 1 aromatic rings. The minimum absolute atomic E-state index is 0.0544. The summed E-state index contributed by atoms with van der Waals surface area (Å²) in [6, 6.07) is -0.0544. The number of nitrogens with zero attached hydrogens (tertiary/aromatic N) is 1. The van der Waals surface area contributed by atoms with Gasteiger partial charge in [-0.05, 0) is 13.3 Å². The highest BCUT2D eigenvalue weighted by atomic mass is 32.1. The first-order valence-corrected chi connectivity index (χ1v) is 5.94. The van der Waals surface area contributed by atoms with Crippen LogP contribution in [-0.2, 0) is 4.74 Å². The summed E-state index contributed by atoms with van der Waals surface area (Å²) >= 11 is 1.34. The predicted octanol–water partition coefficient (Wildman–Crippen LogP) is 2.14. The summed E-state index contributed by atoms with van der Waals surface area (Å²) < 4.78 is 4.84. The van der Waals surface area contributed by atoms with Gasteiger partial charge < -0.3 is 10.1 Å². The summed E-state index contributed by atoms with van der Waals surface area (Å²) in [5.41, 5.74) is 0.321. The van der Waals surface area contributed by atoms with E-state index in [2.05, 4.69) is 16.2 Å². The number of nitrogens with one attached hydrogen (secondary N) is 1. The second kappa shape index (κ2) is 6.13. The summed E-state index contributed by atoms with van der Waals surface area (Å²) in [6.45, 7) is 4.09. The molecular formula is C11H14N2O2S. The van der Waals surface area contributed by atoms with Crippen LogP contribution in [0.5, 0.6) is 0 Å². The fourth-order valence-corrected chi connectivity index (χ4v) is 1.78. The molecule has 0 bridgehead atoms. The molecule has 0 aliphatic heterocycles. The van der Waals surface area contributed by atoms with Crippen LogP contribution in [-0.4, -0.2) is 23.6 Å². The Kier molecular flexibility index (Phi) is 4.80. The van der Waals surface area contributed by atoms with E-state index in [1.165, 1.54) is 11.3 Å². The lowest BCUT2D eigenvalue weighted by molar-refractivity contribution is 0.0520. The highest BCUT2D eigenvalue weighted by Gasteiger charge is 2.12. The highest BCUT2D eigenvalue weighted by Crippen LogP contribution is 2.17. The molecule has 0 aliphatic rings. The number of hydrogen-bond donors (Lipinski definition) is 1. The summed E-state index contributed by atoms with van der Waals surface area (Å²) in [5.74, 6) is 2.20. The van der Waals surface area contributed by atoms with Crippen LogP contribution >= 0.6 is 11.3 Å². The van der Waals surface area contributed by atoms with E-state index < -0.39 is 5.97 Å². The van der Waals surface area contributed by atoms with Crippen molar-refractivity contribution in [3.8, 4) is 12.3 Å². The maximum atomic E-state index is 11.3. The van der Waals surface area contributed by atoms with Crippen LogP contribution in [0.25, 0.3) is 0 Å². The Morgan fingerprint density at radius 1 is 1.75 bits per heavy atom. The second-order valence-electron chi connectivity index (χ2n) is 3.03. The van der Waals surface area contributed by atoms with E-state index in [1.807, 2.05) is 6.92 Å². The number of anilines is 1. The largest absolute Gasteiger partial charge is 0.461 e. The Balaban J connectivity index is 2.65. The third-order valence-electron chi connectivity index (χ3n) is 1.90. The van der Waals surface area contributed by atoms with Crippen LogP contribution < -0.4 is 5.32 Å². The molecule has 1 unspecified atom stereocenters. The van der Waals surface area contributed by atoms with E-state index in [9.17, 15) is 4.79 Å². The topological polar surface area (TPSA) is 51.2 Å². The lowest BCUT2D eigenvalue weighted by atomic mass is 10.2. The van der Waals surface area contributed by atoms with Crippen molar-refractivity contribution in [2.24, 2.45) is 0 Å². The maximum absolute atomic E-state index is 11.3. The van der Waals surface area contributed by atoms with Gasteiger partial charge in [-0.15, -0.1) is 17.8 Å². The fourth-order valence-electron chi connectivity index (χ4n) is 1.05. The predicted molar refractivity (Wildman–Crippen MR) is 64.6 cm³/mol. The van der Waals surface area contributed by atoms with Gasteiger partial charge in [-0.2, -0.15) is 0 Å². The van der Waals surface area contributed by atoms with Crippen molar-refractivity contribution >= 4 is 22.4 Å². The van der Waals surface area contributed by atoms with Gasteiger partial charge in [0.25, 0.3) is 0 Å². The molecule has 16 heavy (non-hydrogen) atoms. The zero-order valence-corrected chi connectivity index (χ0v) is 10.1. The van der Waals surface area contributed by atoms with E-state index in [0.717, 1.165) is 6.42 Å². The Bertz CT molecular complexity index is 395. The molecule has 0 aromatic carbocycles. The fraction of sp³-hybridized carbons (Fsp3) is 0.455. The molecule has 4 nitrogen and oxygen atoms in total. The van der Waals surface area contributed by atoms with Gasteiger partial charge in [0.2, 0.25) is 0 Å². The van der Waals surface area contributed by atoms with Gasteiger partial charge in [0.05, 0.1) is 12.6 Å². The van der Waals surface area contributed by atoms with E-state index in [0.29, 0.717) is 17.4 Å². The minimum Gasteiger partial charge on any atom is -0.461 e. The summed E-state index contributed by atoms with van der Waals surface area (Å²) in [5, 5.41) is 5.36. The zero-order chi connectivity index (χ0) is 12.0. The molecule has 1 rings (SSSR count). The SMILES string of the molecule is C#CC(CC)Nc1nc(C(=O)OCC)cs1. The number of ether oxygens (including phenoxy) is 1. The molecule has 86 valence electrons. The lowest BCUT2D eigenvalue weighted by Crippen LogP contribution is -2.15. The first-order chi connectivity index (χ1) is 7.71. The second-order valence-corrected chi connectivity index (χ2v) is 3.89. The Morgan fingerprint density at radius 3 is 3.06 bits per heavy atom. The number of carbonyl (C=O) groups is 1. The zero-order valence-electron chi connectivity index (χ0n) is 9.32. The molecule has 0 spiro atoms. The molecule has 0 saturated heterocycles.